The number of aryl methyl sites for hydroxylation is 1. The first-order valence-corrected chi connectivity index (χ1v) is 10.3. The molecule has 1 aliphatic heterocycles. The first kappa shape index (κ1) is 20.2. The lowest BCUT2D eigenvalue weighted by Crippen LogP contribution is -2.48. The van der Waals surface area contributed by atoms with Gasteiger partial charge in [-0.1, -0.05) is 0 Å². The Labute approximate surface area is 149 Å². The fourth-order valence-corrected chi connectivity index (χ4v) is 5.90. The molecular formula is C15H21F3N2O3S2. The first-order chi connectivity index (χ1) is 11.6. The number of alkyl halides is 3. The minimum atomic E-state index is -4.36. The van der Waals surface area contributed by atoms with E-state index in [1.165, 1.54) is 6.07 Å². The van der Waals surface area contributed by atoms with Crippen LogP contribution < -0.4 is 0 Å². The van der Waals surface area contributed by atoms with Crippen molar-refractivity contribution in [2.75, 3.05) is 19.6 Å². The third-order valence-electron chi connectivity index (χ3n) is 4.13. The van der Waals surface area contributed by atoms with Crippen LogP contribution in [0, 0.1) is 6.92 Å². The third kappa shape index (κ3) is 4.73. The van der Waals surface area contributed by atoms with Crippen LogP contribution in [-0.4, -0.2) is 55.4 Å². The van der Waals surface area contributed by atoms with Crippen molar-refractivity contribution in [3.05, 3.63) is 17.0 Å². The number of amides is 1. The fourth-order valence-electron chi connectivity index (χ4n) is 2.84. The molecule has 1 aromatic rings. The van der Waals surface area contributed by atoms with Crippen molar-refractivity contribution in [3.63, 3.8) is 0 Å². The molecule has 1 fully saturated rings. The Hall–Kier alpha value is -1.13. The lowest BCUT2D eigenvalue weighted by Gasteiger charge is -2.29. The number of hydrogen-bond donors (Lipinski definition) is 0. The molecule has 142 valence electrons. The number of thiophene rings is 1. The summed E-state index contributed by atoms with van der Waals surface area (Å²) in [5.41, 5.74) is 0. The largest absolute Gasteiger partial charge is 0.390 e. The molecule has 0 N–H and O–H groups in total. The normalized spacial score (nSPS) is 19.3. The van der Waals surface area contributed by atoms with Crippen molar-refractivity contribution >= 4 is 27.3 Å². The molecule has 0 aromatic carbocycles. The van der Waals surface area contributed by atoms with Crippen molar-refractivity contribution in [3.8, 4) is 0 Å². The van der Waals surface area contributed by atoms with E-state index in [4.69, 9.17) is 0 Å². The van der Waals surface area contributed by atoms with Gasteiger partial charge in [-0.2, -0.15) is 17.5 Å². The summed E-state index contributed by atoms with van der Waals surface area (Å²) in [6, 6.07) is 2.25. The second-order valence-electron chi connectivity index (χ2n) is 5.92. The number of halogens is 3. The SMILES string of the molecule is CCN(CCC(F)(F)F)C(=O)C1CCCN1S(=O)(=O)c1ccc(C)s1. The molecular weight excluding hydrogens is 377 g/mol. The Morgan fingerprint density at radius 2 is 2.08 bits per heavy atom. The van der Waals surface area contributed by atoms with Crippen LogP contribution >= 0.6 is 11.3 Å². The Kier molecular flexibility index (Phi) is 6.16. The second-order valence-corrected chi connectivity index (χ2v) is 9.33. The Morgan fingerprint density at radius 1 is 1.40 bits per heavy atom. The minimum absolute atomic E-state index is 0.109. The molecule has 1 aromatic heterocycles. The van der Waals surface area contributed by atoms with Gasteiger partial charge in [0.25, 0.3) is 10.0 Å². The van der Waals surface area contributed by atoms with E-state index in [0.29, 0.717) is 12.8 Å². The molecule has 2 heterocycles. The van der Waals surface area contributed by atoms with Crippen LogP contribution in [0.4, 0.5) is 13.2 Å². The smallest absolute Gasteiger partial charge is 0.341 e. The van der Waals surface area contributed by atoms with Gasteiger partial charge in [0.2, 0.25) is 5.91 Å². The van der Waals surface area contributed by atoms with E-state index in [-0.39, 0.29) is 17.3 Å². The van der Waals surface area contributed by atoms with Crippen LogP contribution in [0.1, 0.15) is 31.1 Å². The number of sulfonamides is 1. The maximum absolute atomic E-state index is 12.8. The topological polar surface area (TPSA) is 57.7 Å². The molecule has 0 bridgehead atoms. The maximum Gasteiger partial charge on any atom is 0.390 e. The van der Waals surface area contributed by atoms with Crippen LogP contribution in [-0.2, 0) is 14.8 Å². The standard InChI is InChI=1S/C15H21F3N2O3S2/c1-3-19(10-8-15(16,17)18)14(21)12-5-4-9-20(12)25(22,23)13-7-6-11(2)24-13/h6-7,12H,3-5,8-10H2,1-2H3. The zero-order valence-corrected chi connectivity index (χ0v) is 15.7. The van der Waals surface area contributed by atoms with Gasteiger partial charge in [0, 0.05) is 24.5 Å². The molecule has 0 spiro atoms. The number of carbonyl (C=O) groups excluding carboxylic acids is 1. The summed E-state index contributed by atoms with van der Waals surface area (Å²) in [4.78, 5) is 14.6. The molecule has 1 saturated heterocycles. The van der Waals surface area contributed by atoms with Crippen molar-refractivity contribution in [2.45, 2.75) is 49.5 Å². The average Bonchev–Trinajstić information content (AvgIpc) is 3.15. The number of hydrogen-bond acceptors (Lipinski definition) is 4. The van der Waals surface area contributed by atoms with E-state index in [1.807, 2.05) is 0 Å². The van der Waals surface area contributed by atoms with Crippen LogP contribution in [0.15, 0.2) is 16.3 Å². The molecule has 1 unspecified atom stereocenters. The highest BCUT2D eigenvalue weighted by atomic mass is 32.2. The van der Waals surface area contributed by atoms with Gasteiger partial charge in [-0.15, -0.1) is 11.3 Å². The van der Waals surface area contributed by atoms with Gasteiger partial charge in [0.15, 0.2) is 0 Å². The Balaban J connectivity index is 2.18. The van der Waals surface area contributed by atoms with E-state index in [9.17, 15) is 26.4 Å². The van der Waals surface area contributed by atoms with Crippen LogP contribution in [0.3, 0.4) is 0 Å². The molecule has 0 aliphatic carbocycles. The molecule has 1 aliphatic rings. The summed E-state index contributed by atoms with van der Waals surface area (Å²) in [6.45, 7) is 3.22. The Morgan fingerprint density at radius 3 is 2.60 bits per heavy atom. The summed E-state index contributed by atoms with van der Waals surface area (Å²) >= 11 is 1.12. The number of likely N-dealkylation sites (N-methyl/N-ethyl adjacent to an activating group) is 1. The van der Waals surface area contributed by atoms with Crippen LogP contribution in [0.2, 0.25) is 0 Å². The van der Waals surface area contributed by atoms with Gasteiger partial charge < -0.3 is 4.90 Å². The van der Waals surface area contributed by atoms with E-state index in [1.54, 1.807) is 19.9 Å². The molecule has 25 heavy (non-hydrogen) atoms. The van der Waals surface area contributed by atoms with Crippen molar-refractivity contribution < 1.29 is 26.4 Å². The molecule has 0 radical (unpaired) electrons. The van der Waals surface area contributed by atoms with Crippen molar-refractivity contribution in [1.82, 2.24) is 9.21 Å². The van der Waals surface area contributed by atoms with Crippen LogP contribution in [0.5, 0.6) is 0 Å². The summed E-state index contributed by atoms with van der Waals surface area (Å²) < 4.78 is 64.2. The summed E-state index contributed by atoms with van der Waals surface area (Å²) in [5, 5.41) is 0. The van der Waals surface area contributed by atoms with E-state index < -0.39 is 41.1 Å². The van der Waals surface area contributed by atoms with Gasteiger partial charge >= 0.3 is 6.18 Å². The fraction of sp³-hybridized carbons (Fsp3) is 0.667. The van der Waals surface area contributed by atoms with Gasteiger partial charge in [0.05, 0.1) is 6.42 Å². The van der Waals surface area contributed by atoms with E-state index in [0.717, 1.165) is 25.4 Å². The van der Waals surface area contributed by atoms with Crippen LogP contribution in [0.25, 0.3) is 0 Å². The summed E-state index contributed by atoms with van der Waals surface area (Å²) in [5.74, 6) is -0.555. The first-order valence-electron chi connectivity index (χ1n) is 8.00. The van der Waals surface area contributed by atoms with E-state index in [2.05, 4.69) is 0 Å². The summed E-state index contributed by atoms with van der Waals surface area (Å²) in [6.07, 6.45) is -4.62. The zero-order valence-electron chi connectivity index (χ0n) is 14.0. The number of carbonyl (C=O) groups is 1. The molecule has 5 nitrogen and oxygen atoms in total. The third-order valence-corrected chi connectivity index (χ3v) is 7.50. The molecule has 1 amide bonds. The Bertz CT molecular complexity index is 716. The number of rotatable bonds is 6. The van der Waals surface area contributed by atoms with Gasteiger partial charge in [0.1, 0.15) is 10.3 Å². The highest BCUT2D eigenvalue weighted by Gasteiger charge is 2.42. The van der Waals surface area contributed by atoms with Gasteiger partial charge in [-0.25, -0.2) is 8.42 Å². The average molecular weight is 398 g/mol. The quantitative estimate of drug-likeness (QED) is 0.740. The second kappa shape index (κ2) is 7.63. The van der Waals surface area contributed by atoms with Gasteiger partial charge in [-0.3, -0.25) is 4.79 Å². The predicted octanol–water partition coefficient (Wildman–Crippen LogP) is 3.01. The van der Waals surface area contributed by atoms with Crippen molar-refractivity contribution in [2.24, 2.45) is 0 Å². The highest BCUT2D eigenvalue weighted by molar-refractivity contribution is 7.91. The minimum Gasteiger partial charge on any atom is -0.341 e. The molecule has 10 heteroatoms. The zero-order chi connectivity index (χ0) is 18.8. The van der Waals surface area contributed by atoms with Crippen molar-refractivity contribution in [1.29, 1.82) is 0 Å². The predicted molar refractivity (Wildman–Crippen MR) is 88.9 cm³/mol. The lowest BCUT2D eigenvalue weighted by atomic mass is 10.2. The van der Waals surface area contributed by atoms with E-state index >= 15 is 0 Å². The number of nitrogens with zero attached hydrogens (tertiary/aromatic N) is 2. The lowest BCUT2D eigenvalue weighted by molar-refractivity contribution is -0.146. The highest BCUT2D eigenvalue weighted by Crippen LogP contribution is 2.31. The van der Waals surface area contributed by atoms with Gasteiger partial charge in [-0.05, 0) is 38.8 Å². The molecule has 0 saturated carbocycles. The maximum atomic E-state index is 12.8. The summed E-state index contributed by atoms with van der Waals surface area (Å²) in [7, 11) is -3.82. The molecule has 2 rings (SSSR count). The monoisotopic (exact) mass is 398 g/mol. The molecule has 1 atom stereocenters.